The molecule has 5 heteroatoms. The van der Waals surface area contributed by atoms with E-state index in [0.717, 1.165) is 34.6 Å². The molecule has 0 aliphatic heterocycles. The molecule has 1 aromatic carbocycles. The summed E-state index contributed by atoms with van der Waals surface area (Å²) in [5, 5.41) is 3.39. The van der Waals surface area contributed by atoms with Gasteiger partial charge in [-0.1, -0.05) is 29.8 Å². The molecule has 1 aromatic heterocycles. The maximum absolute atomic E-state index is 5.56. The molecule has 2 aromatic rings. The molecule has 0 amide bonds. The minimum Gasteiger partial charge on any atom is -0.443 e. The fourth-order valence-corrected chi connectivity index (χ4v) is 2.68. The minimum absolute atomic E-state index is 0.625. The second-order valence-electron chi connectivity index (χ2n) is 4.78. The summed E-state index contributed by atoms with van der Waals surface area (Å²) in [6.45, 7) is 6.07. The molecule has 19 heavy (non-hydrogen) atoms. The zero-order valence-electron chi connectivity index (χ0n) is 10.9. The Morgan fingerprint density at radius 3 is 2.95 bits per heavy atom. The number of rotatable bonds is 5. The van der Waals surface area contributed by atoms with E-state index in [1.165, 1.54) is 9.96 Å². The summed E-state index contributed by atoms with van der Waals surface area (Å²) < 4.78 is 7.76. The van der Waals surface area contributed by atoms with Crippen molar-refractivity contribution >= 4 is 38.5 Å². The Morgan fingerprint density at radius 2 is 2.21 bits per heavy atom. The highest BCUT2D eigenvalue weighted by atomic mass is 127. The van der Waals surface area contributed by atoms with Gasteiger partial charge in [0, 0.05) is 20.2 Å². The average molecular weight is 435 g/mol. The van der Waals surface area contributed by atoms with E-state index in [1.807, 2.05) is 6.07 Å². The number of nitrogens with zero attached hydrogens (tertiary/aromatic N) is 1. The van der Waals surface area contributed by atoms with E-state index in [4.69, 9.17) is 4.42 Å². The minimum atomic E-state index is 0.625. The monoisotopic (exact) mass is 434 g/mol. The Hall–Kier alpha value is -0.400. The highest BCUT2D eigenvalue weighted by molar-refractivity contribution is 14.1. The molecular formula is C14H16BrIN2O. The van der Waals surface area contributed by atoms with Crippen LogP contribution < -0.4 is 5.32 Å². The molecule has 0 radical (unpaired) electrons. The van der Waals surface area contributed by atoms with Gasteiger partial charge in [-0.15, -0.1) is 0 Å². The van der Waals surface area contributed by atoms with Gasteiger partial charge < -0.3 is 9.73 Å². The molecule has 0 saturated heterocycles. The Bertz CT molecular complexity index is 554. The number of benzene rings is 1. The van der Waals surface area contributed by atoms with Crippen LogP contribution in [0.25, 0.3) is 11.3 Å². The maximum atomic E-state index is 5.56. The second-order valence-corrected chi connectivity index (χ2v) is 6.88. The molecule has 2 rings (SSSR count). The normalized spacial score (nSPS) is 11.2. The van der Waals surface area contributed by atoms with E-state index in [9.17, 15) is 0 Å². The van der Waals surface area contributed by atoms with Crippen molar-refractivity contribution in [2.24, 2.45) is 5.92 Å². The first-order valence-electron chi connectivity index (χ1n) is 6.16. The van der Waals surface area contributed by atoms with Gasteiger partial charge in [-0.2, -0.15) is 0 Å². The zero-order chi connectivity index (χ0) is 13.8. The number of hydrogen-bond acceptors (Lipinski definition) is 3. The first-order valence-corrected chi connectivity index (χ1v) is 8.03. The molecule has 102 valence electrons. The van der Waals surface area contributed by atoms with Crippen LogP contribution in [0.5, 0.6) is 0 Å². The molecule has 0 aliphatic carbocycles. The van der Waals surface area contributed by atoms with Crippen LogP contribution in [0.4, 0.5) is 0 Å². The number of halogens is 2. The Balaban J connectivity index is 2.21. The van der Waals surface area contributed by atoms with Crippen molar-refractivity contribution in [2.75, 3.05) is 6.54 Å². The number of aromatic nitrogens is 1. The highest BCUT2D eigenvalue weighted by Crippen LogP contribution is 2.31. The van der Waals surface area contributed by atoms with Crippen molar-refractivity contribution in [1.82, 2.24) is 10.3 Å². The van der Waals surface area contributed by atoms with Gasteiger partial charge in [0.1, 0.15) is 5.69 Å². The molecule has 0 saturated carbocycles. The van der Waals surface area contributed by atoms with E-state index in [1.54, 1.807) is 0 Å². The number of oxazole rings is 1. The molecule has 0 bridgehead atoms. The van der Waals surface area contributed by atoms with Gasteiger partial charge in [0.2, 0.25) is 0 Å². The number of nitrogens with one attached hydrogen (secondary N) is 1. The predicted octanol–water partition coefficient (Wildman–Crippen LogP) is 4.45. The molecule has 0 unspecified atom stereocenters. The Labute approximate surface area is 135 Å². The molecule has 3 nitrogen and oxygen atoms in total. The third-order valence-electron chi connectivity index (χ3n) is 2.66. The first-order chi connectivity index (χ1) is 9.08. The Morgan fingerprint density at radius 1 is 1.42 bits per heavy atom. The van der Waals surface area contributed by atoms with E-state index in [0.29, 0.717) is 5.92 Å². The first kappa shape index (κ1) is 15.0. The van der Waals surface area contributed by atoms with Crippen molar-refractivity contribution in [3.63, 3.8) is 0 Å². The van der Waals surface area contributed by atoms with Gasteiger partial charge in [0.15, 0.2) is 12.2 Å². The molecule has 1 heterocycles. The summed E-state index contributed by atoms with van der Waals surface area (Å²) in [5.74, 6) is 1.46. The standard InChI is InChI=1S/C14H16BrIN2O/c1-9(2)6-17-7-13-14(19-8-18-13)11-5-10(16)3-4-12(11)15/h3-5,8-9,17H,6-7H2,1-2H3. The summed E-state index contributed by atoms with van der Waals surface area (Å²) in [7, 11) is 0. The lowest BCUT2D eigenvalue weighted by Crippen LogP contribution is -2.19. The van der Waals surface area contributed by atoms with Crippen molar-refractivity contribution in [2.45, 2.75) is 20.4 Å². The van der Waals surface area contributed by atoms with Crippen LogP contribution >= 0.6 is 38.5 Å². The van der Waals surface area contributed by atoms with Crippen molar-refractivity contribution in [3.05, 3.63) is 38.3 Å². The summed E-state index contributed by atoms with van der Waals surface area (Å²) >= 11 is 5.86. The molecule has 0 spiro atoms. The summed E-state index contributed by atoms with van der Waals surface area (Å²) in [5.41, 5.74) is 1.99. The van der Waals surface area contributed by atoms with Crippen LogP contribution in [-0.2, 0) is 6.54 Å². The molecular weight excluding hydrogens is 419 g/mol. The van der Waals surface area contributed by atoms with Crippen LogP contribution in [-0.4, -0.2) is 11.5 Å². The van der Waals surface area contributed by atoms with Crippen molar-refractivity contribution in [1.29, 1.82) is 0 Å². The third-order valence-corrected chi connectivity index (χ3v) is 4.02. The van der Waals surface area contributed by atoms with Crippen molar-refractivity contribution in [3.8, 4) is 11.3 Å². The maximum Gasteiger partial charge on any atom is 0.181 e. The zero-order valence-corrected chi connectivity index (χ0v) is 14.7. The molecule has 0 fully saturated rings. The van der Waals surface area contributed by atoms with E-state index < -0.39 is 0 Å². The molecule has 0 atom stereocenters. The summed E-state index contributed by atoms with van der Waals surface area (Å²) in [4.78, 5) is 4.31. The van der Waals surface area contributed by atoms with Crippen LogP contribution in [0, 0.1) is 9.49 Å². The van der Waals surface area contributed by atoms with Gasteiger partial charge >= 0.3 is 0 Å². The fraction of sp³-hybridized carbons (Fsp3) is 0.357. The largest absolute Gasteiger partial charge is 0.443 e. The Kier molecular flexibility index (Phi) is 5.41. The quantitative estimate of drug-likeness (QED) is 0.706. The molecule has 0 aliphatic rings. The fourth-order valence-electron chi connectivity index (χ4n) is 1.76. The SMILES string of the molecule is CC(C)CNCc1ncoc1-c1cc(I)ccc1Br. The van der Waals surface area contributed by atoms with Gasteiger partial charge in [-0.05, 0) is 53.3 Å². The lowest BCUT2D eigenvalue weighted by Gasteiger charge is -2.07. The second kappa shape index (κ2) is 6.85. The van der Waals surface area contributed by atoms with Crippen LogP contribution in [0.2, 0.25) is 0 Å². The van der Waals surface area contributed by atoms with Gasteiger partial charge in [-0.3, -0.25) is 0 Å². The van der Waals surface area contributed by atoms with Crippen LogP contribution in [0.15, 0.2) is 33.5 Å². The average Bonchev–Trinajstić information content (AvgIpc) is 2.80. The van der Waals surface area contributed by atoms with Crippen LogP contribution in [0.3, 0.4) is 0 Å². The van der Waals surface area contributed by atoms with E-state index >= 15 is 0 Å². The van der Waals surface area contributed by atoms with Gasteiger partial charge in [0.25, 0.3) is 0 Å². The summed E-state index contributed by atoms with van der Waals surface area (Å²) in [6, 6.07) is 6.18. The summed E-state index contributed by atoms with van der Waals surface area (Å²) in [6.07, 6.45) is 1.51. The van der Waals surface area contributed by atoms with Crippen LogP contribution in [0.1, 0.15) is 19.5 Å². The predicted molar refractivity (Wildman–Crippen MR) is 88.9 cm³/mol. The number of hydrogen-bond donors (Lipinski definition) is 1. The van der Waals surface area contributed by atoms with E-state index in [2.05, 4.69) is 74.8 Å². The topological polar surface area (TPSA) is 38.1 Å². The van der Waals surface area contributed by atoms with Gasteiger partial charge in [-0.25, -0.2) is 4.98 Å². The van der Waals surface area contributed by atoms with Gasteiger partial charge in [0.05, 0.1) is 0 Å². The third kappa shape index (κ3) is 4.03. The van der Waals surface area contributed by atoms with E-state index in [-0.39, 0.29) is 0 Å². The lowest BCUT2D eigenvalue weighted by atomic mass is 10.1. The lowest BCUT2D eigenvalue weighted by molar-refractivity contribution is 0.545. The highest BCUT2D eigenvalue weighted by Gasteiger charge is 2.14. The smallest absolute Gasteiger partial charge is 0.181 e. The molecule has 1 N–H and O–H groups in total. The van der Waals surface area contributed by atoms with Crippen molar-refractivity contribution < 1.29 is 4.42 Å².